The number of halogens is 1. The van der Waals surface area contributed by atoms with Gasteiger partial charge in [0.05, 0.1) is 0 Å². The summed E-state index contributed by atoms with van der Waals surface area (Å²) in [6, 6.07) is 0. The second kappa shape index (κ2) is 5.08. The van der Waals surface area contributed by atoms with E-state index in [9.17, 15) is 0 Å². The van der Waals surface area contributed by atoms with E-state index in [0.29, 0.717) is 5.41 Å². The number of piperidine rings is 1. The molecule has 1 rings (SSSR count). The van der Waals surface area contributed by atoms with Gasteiger partial charge in [0.15, 0.2) is 0 Å². The van der Waals surface area contributed by atoms with Crippen LogP contribution in [0, 0.1) is 11.3 Å². The Balaban J connectivity index is 0.00000121. The maximum atomic E-state index is 3.40. The Morgan fingerprint density at radius 2 is 1.67 bits per heavy atom. The molecule has 2 heteroatoms. The molecule has 0 radical (unpaired) electrons. The number of hydrogen-bond acceptors (Lipinski definition) is 1. The van der Waals surface area contributed by atoms with E-state index in [2.05, 4.69) is 26.1 Å². The molecule has 1 saturated heterocycles. The van der Waals surface area contributed by atoms with Crippen LogP contribution in [-0.2, 0) is 0 Å². The number of rotatable bonds is 1. The SMILES string of the molecule is CC(C)(C)CC1CCNCC1.Cl. The average molecular weight is 192 g/mol. The average Bonchev–Trinajstić information content (AvgIpc) is 1.85. The summed E-state index contributed by atoms with van der Waals surface area (Å²) >= 11 is 0. The largest absolute Gasteiger partial charge is 0.317 e. The normalized spacial score (nSPS) is 20.2. The summed E-state index contributed by atoms with van der Waals surface area (Å²) in [5, 5.41) is 3.40. The third-order valence-corrected chi connectivity index (χ3v) is 2.36. The zero-order valence-electron chi connectivity index (χ0n) is 8.52. The molecule has 0 amide bonds. The molecule has 0 bridgehead atoms. The smallest absolute Gasteiger partial charge is 0.00463 e. The molecule has 0 aromatic carbocycles. The van der Waals surface area contributed by atoms with Crippen LogP contribution in [0.1, 0.15) is 40.0 Å². The van der Waals surface area contributed by atoms with E-state index >= 15 is 0 Å². The molecule has 0 aromatic rings. The van der Waals surface area contributed by atoms with Crippen molar-refractivity contribution in [2.24, 2.45) is 11.3 Å². The predicted octanol–water partition coefficient (Wildman–Crippen LogP) is 2.84. The lowest BCUT2D eigenvalue weighted by Gasteiger charge is -2.29. The van der Waals surface area contributed by atoms with Gasteiger partial charge in [0.25, 0.3) is 0 Å². The van der Waals surface area contributed by atoms with Crippen molar-refractivity contribution in [3.05, 3.63) is 0 Å². The molecule has 12 heavy (non-hydrogen) atoms. The van der Waals surface area contributed by atoms with Crippen molar-refractivity contribution in [2.75, 3.05) is 13.1 Å². The fourth-order valence-electron chi connectivity index (χ4n) is 1.95. The topological polar surface area (TPSA) is 12.0 Å². The van der Waals surface area contributed by atoms with Gasteiger partial charge in [-0.25, -0.2) is 0 Å². The van der Waals surface area contributed by atoms with E-state index < -0.39 is 0 Å². The van der Waals surface area contributed by atoms with E-state index in [1.807, 2.05) is 0 Å². The summed E-state index contributed by atoms with van der Waals surface area (Å²) in [4.78, 5) is 0. The van der Waals surface area contributed by atoms with Gasteiger partial charge in [0.1, 0.15) is 0 Å². The van der Waals surface area contributed by atoms with E-state index in [1.165, 1.54) is 32.4 Å². The molecule has 1 nitrogen and oxygen atoms in total. The van der Waals surface area contributed by atoms with Crippen LogP contribution in [-0.4, -0.2) is 13.1 Å². The molecule has 0 saturated carbocycles. The molecule has 0 aliphatic carbocycles. The molecule has 74 valence electrons. The number of hydrogen-bond donors (Lipinski definition) is 1. The molecule has 0 unspecified atom stereocenters. The van der Waals surface area contributed by atoms with Crippen molar-refractivity contribution in [3.63, 3.8) is 0 Å². The highest BCUT2D eigenvalue weighted by Crippen LogP contribution is 2.28. The maximum absolute atomic E-state index is 3.40. The van der Waals surface area contributed by atoms with Crippen LogP contribution < -0.4 is 5.32 Å². The zero-order valence-corrected chi connectivity index (χ0v) is 9.34. The minimum absolute atomic E-state index is 0. The van der Waals surface area contributed by atoms with Gasteiger partial charge < -0.3 is 5.32 Å². The summed E-state index contributed by atoms with van der Waals surface area (Å²) in [6.07, 6.45) is 4.17. The highest BCUT2D eigenvalue weighted by Gasteiger charge is 2.19. The van der Waals surface area contributed by atoms with E-state index in [1.54, 1.807) is 0 Å². The second-order valence-electron chi connectivity index (χ2n) is 4.96. The first-order chi connectivity index (χ1) is 5.08. The first kappa shape index (κ1) is 12.2. The van der Waals surface area contributed by atoms with Gasteiger partial charge in [0.2, 0.25) is 0 Å². The van der Waals surface area contributed by atoms with E-state index in [4.69, 9.17) is 0 Å². The van der Waals surface area contributed by atoms with Crippen LogP contribution in [0.2, 0.25) is 0 Å². The standard InChI is InChI=1S/C10H21N.ClH/c1-10(2,3)8-9-4-6-11-7-5-9;/h9,11H,4-8H2,1-3H3;1H. The van der Waals surface area contributed by atoms with Crippen molar-refractivity contribution >= 4 is 12.4 Å². The summed E-state index contributed by atoms with van der Waals surface area (Å²) in [6.45, 7) is 9.50. The molecule has 0 spiro atoms. The Kier molecular flexibility index (Phi) is 5.19. The lowest BCUT2D eigenvalue weighted by Crippen LogP contribution is -2.29. The third kappa shape index (κ3) is 5.00. The summed E-state index contributed by atoms with van der Waals surface area (Å²) in [7, 11) is 0. The van der Waals surface area contributed by atoms with Crippen molar-refractivity contribution in [2.45, 2.75) is 40.0 Å². The monoisotopic (exact) mass is 191 g/mol. The summed E-state index contributed by atoms with van der Waals surface area (Å²) < 4.78 is 0. The fraction of sp³-hybridized carbons (Fsp3) is 1.00. The Bertz CT molecular complexity index is 111. The van der Waals surface area contributed by atoms with Gasteiger partial charge in [0, 0.05) is 0 Å². The zero-order chi connectivity index (χ0) is 8.32. The maximum Gasteiger partial charge on any atom is -0.00463 e. The highest BCUT2D eigenvalue weighted by molar-refractivity contribution is 5.85. The quantitative estimate of drug-likeness (QED) is 0.672. The van der Waals surface area contributed by atoms with E-state index in [0.717, 1.165) is 5.92 Å². The molecular weight excluding hydrogens is 170 g/mol. The van der Waals surface area contributed by atoms with Gasteiger partial charge in [-0.2, -0.15) is 0 Å². The van der Waals surface area contributed by atoms with Crippen molar-refractivity contribution in [3.8, 4) is 0 Å². The molecule has 1 heterocycles. The van der Waals surface area contributed by atoms with Crippen LogP contribution in [0.3, 0.4) is 0 Å². The van der Waals surface area contributed by atoms with Crippen LogP contribution in [0.25, 0.3) is 0 Å². The van der Waals surface area contributed by atoms with Gasteiger partial charge in [-0.15, -0.1) is 12.4 Å². The molecule has 1 N–H and O–H groups in total. The van der Waals surface area contributed by atoms with Gasteiger partial charge in [-0.1, -0.05) is 20.8 Å². The van der Waals surface area contributed by atoms with Gasteiger partial charge in [-0.3, -0.25) is 0 Å². The lowest BCUT2D eigenvalue weighted by molar-refractivity contribution is 0.248. The van der Waals surface area contributed by atoms with Crippen molar-refractivity contribution in [1.82, 2.24) is 5.32 Å². The minimum Gasteiger partial charge on any atom is -0.317 e. The molecular formula is C10H22ClN. The van der Waals surface area contributed by atoms with Crippen molar-refractivity contribution < 1.29 is 0 Å². The Hall–Kier alpha value is 0.250. The second-order valence-corrected chi connectivity index (χ2v) is 4.96. The Morgan fingerprint density at radius 3 is 2.08 bits per heavy atom. The van der Waals surface area contributed by atoms with E-state index in [-0.39, 0.29) is 12.4 Å². The fourth-order valence-corrected chi connectivity index (χ4v) is 1.95. The highest BCUT2D eigenvalue weighted by atomic mass is 35.5. The van der Waals surface area contributed by atoms with Crippen LogP contribution >= 0.6 is 12.4 Å². The Labute approximate surface area is 82.7 Å². The summed E-state index contributed by atoms with van der Waals surface area (Å²) in [5.41, 5.74) is 0.530. The van der Waals surface area contributed by atoms with Crippen LogP contribution in [0.5, 0.6) is 0 Å². The molecule has 1 aliphatic rings. The third-order valence-electron chi connectivity index (χ3n) is 2.36. The molecule has 1 aliphatic heterocycles. The van der Waals surface area contributed by atoms with Crippen molar-refractivity contribution in [1.29, 1.82) is 0 Å². The number of nitrogens with one attached hydrogen (secondary N) is 1. The first-order valence-corrected chi connectivity index (χ1v) is 4.79. The van der Waals surface area contributed by atoms with Gasteiger partial charge >= 0.3 is 0 Å². The Morgan fingerprint density at radius 1 is 1.17 bits per heavy atom. The van der Waals surface area contributed by atoms with Crippen LogP contribution in [0.15, 0.2) is 0 Å². The van der Waals surface area contributed by atoms with Gasteiger partial charge in [-0.05, 0) is 43.7 Å². The molecule has 0 aromatic heterocycles. The molecule has 1 fully saturated rings. The predicted molar refractivity (Wildman–Crippen MR) is 56.9 cm³/mol. The summed E-state index contributed by atoms with van der Waals surface area (Å²) in [5.74, 6) is 0.983. The first-order valence-electron chi connectivity index (χ1n) is 4.79. The lowest BCUT2D eigenvalue weighted by atomic mass is 9.81. The minimum atomic E-state index is 0. The van der Waals surface area contributed by atoms with Crippen LogP contribution in [0.4, 0.5) is 0 Å². The molecule has 0 atom stereocenters.